The fourth-order valence-electron chi connectivity index (χ4n) is 1.34. The molecule has 4 N–H and O–H groups in total. The third-order valence-corrected chi connectivity index (χ3v) is 3.22. The zero-order chi connectivity index (χ0) is 11.4. The van der Waals surface area contributed by atoms with Gasteiger partial charge in [0.05, 0.1) is 6.10 Å². The van der Waals surface area contributed by atoms with Crippen molar-refractivity contribution in [2.24, 2.45) is 5.73 Å². The highest BCUT2D eigenvalue weighted by Crippen LogP contribution is 2.24. The molecule has 0 saturated carbocycles. The van der Waals surface area contributed by atoms with E-state index in [1.165, 1.54) is 0 Å². The van der Waals surface area contributed by atoms with Gasteiger partial charge in [-0.05, 0) is 37.1 Å². The summed E-state index contributed by atoms with van der Waals surface area (Å²) < 4.78 is 0.930. The van der Waals surface area contributed by atoms with E-state index in [1.807, 2.05) is 25.1 Å². The summed E-state index contributed by atoms with van der Waals surface area (Å²) >= 11 is 3.39. The zero-order valence-electron chi connectivity index (χ0n) is 8.65. The first-order chi connectivity index (χ1) is 7.06. The van der Waals surface area contributed by atoms with Gasteiger partial charge in [0, 0.05) is 4.47 Å². The van der Waals surface area contributed by atoms with Crippen LogP contribution in [0.25, 0.3) is 0 Å². The number of rotatable bonds is 4. The second-order valence-corrected chi connectivity index (χ2v) is 4.45. The maximum atomic E-state index is 9.81. The topological polar surface area (TPSA) is 66.5 Å². The molecule has 4 heteroatoms. The fraction of sp³-hybridized carbons (Fsp3) is 0.455. The molecule has 0 amide bonds. The van der Waals surface area contributed by atoms with E-state index >= 15 is 0 Å². The van der Waals surface area contributed by atoms with Crippen LogP contribution in [0, 0.1) is 6.92 Å². The SMILES string of the molecule is Cc1ccc(C(O)C(O)CCN)cc1Br. The van der Waals surface area contributed by atoms with E-state index in [0.717, 1.165) is 10.0 Å². The molecule has 0 bridgehead atoms. The van der Waals surface area contributed by atoms with E-state index in [2.05, 4.69) is 15.9 Å². The molecule has 2 atom stereocenters. The molecule has 0 radical (unpaired) electrons. The summed E-state index contributed by atoms with van der Waals surface area (Å²) in [5, 5.41) is 19.4. The first-order valence-electron chi connectivity index (χ1n) is 4.88. The van der Waals surface area contributed by atoms with E-state index in [0.29, 0.717) is 18.5 Å². The van der Waals surface area contributed by atoms with Gasteiger partial charge < -0.3 is 15.9 Å². The Hall–Kier alpha value is -0.420. The number of aliphatic hydroxyl groups excluding tert-OH is 2. The molecule has 0 spiro atoms. The lowest BCUT2D eigenvalue weighted by molar-refractivity contribution is 0.0150. The van der Waals surface area contributed by atoms with Crippen molar-refractivity contribution in [3.05, 3.63) is 33.8 Å². The molecule has 84 valence electrons. The number of halogens is 1. The summed E-state index contributed by atoms with van der Waals surface area (Å²) in [6.07, 6.45) is -1.28. The molecule has 2 unspecified atom stereocenters. The van der Waals surface area contributed by atoms with Gasteiger partial charge in [-0.3, -0.25) is 0 Å². The lowest BCUT2D eigenvalue weighted by atomic mass is 10.0. The van der Waals surface area contributed by atoms with Gasteiger partial charge in [0.2, 0.25) is 0 Å². The van der Waals surface area contributed by atoms with Gasteiger partial charge in [0.15, 0.2) is 0 Å². The first-order valence-corrected chi connectivity index (χ1v) is 5.67. The lowest BCUT2D eigenvalue weighted by Crippen LogP contribution is -2.21. The maximum absolute atomic E-state index is 9.81. The number of hydrogen-bond donors (Lipinski definition) is 3. The van der Waals surface area contributed by atoms with Gasteiger partial charge >= 0.3 is 0 Å². The Kier molecular flexibility index (Phi) is 4.73. The van der Waals surface area contributed by atoms with Crippen LogP contribution in [0.2, 0.25) is 0 Å². The highest BCUT2D eigenvalue weighted by Gasteiger charge is 2.17. The molecule has 0 aliphatic heterocycles. The molecular formula is C11H16BrNO2. The molecule has 0 aliphatic carbocycles. The molecule has 1 aromatic rings. The minimum atomic E-state index is -0.870. The Morgan fingerprint density at radius 2 is 2.07 bits per heavy atom. The molecule has 0 heterocycles. The second-order valence-electron chi connectivity index (χ2n) is 3.60. The summed E-state index contributed by atoms with van der Waals surface area (Å²) in [5.74, 6) is 0. The molecule has 1 rings (SSSR count). The molecule has 15 heavy (non-hydrogen) atoms. The Labute approximate surface area is 98.1 Å². The van der Waals surface area contributed by atoms with Gasteiger partial charge in [-0.2, -0.15) is 0 Å². The number of aliphatic hydroxyl groups is 2. The molecule has 3 nitrogen and oxygen atoms in total. The van der Waals surface area contributed by atoms with Gasteiger partial charge in [-0.15, -0.1) is 0 Å². The number of nitrogens with two attached hydrogens (primary N) is 1. The minimum absolute atomic E-state index is 0.366. The van der Waals surface area contributed by atoms with Crippen LogP contribution in [0.4, 0.5) is 0 Å². The van der Waals surface area contributed by atoms with Gasteiger partial charge in [-0.25, -0.2) is 0 Å². The summed E-state index contributed by atoms with van der Waals surface area (Å²) in [7, 11) is 0. The predicted molar refractivity (Wildman–Crippen MR) is 63.5 cm³/mol. The van der Waals surface area contributed by atoms with Crippen molar-refractivity contribution in [1.82, 2.24) is 0 Å². The fourth-order valence-corrected chi connectivity index (χ4v) is 1.74. The highest BCUT2D eigenvalue weighted by atomic mass is 79.9. The maximum Gasteiger partial charge on any atom is 0.105 e. The summed E-state index contributed by atoms with van der Waals surface area (Å²) in [6.45, 7) is 2.34. The predicted octanol–water partition coefficient (Wildman–Crippen LogP) is 1.50. The third kappa shape index (κ3) is 3.28. The monoisotopic (exact) mass is 273 g/mol. The molecule has 0 aliphatic rings. The Bertz CT molecular complexity index is 330. The Balaban J connectivity index is 2.81. The van der Waals surface area contributed by atoms with Crippen molar-refractivity contribution in [2.45, 2.75) is 25.6 Å². The smallest absolute Gasteiger partial charge is 0.105 e. The van der Waals surface area contributed by atoms with E-state index < -0.39 is 12.2 Å². The Morgan fingerprint density at radius 3 is 2.60 bits per heavy atom. The van der Waals surface area contributed by atoms with Crippen LogP contribution < -0.4 is 5.73 Å². The minimum Gasteiger partial charge on any atom is -0.390 e. The van der Waals surface area contributed by atoms with Crippen LogP contribution in [0.3, 0.4) is 0 Å². The van der Waals surface area contributed by atoms with Crippen LogP contribution >= 0.6 is 15.9 Å². The van der Waals surface area contributed by atoms with E-state index in [-0.39, 0.29) is 0 Å². The van der Waals surface area contributed by atoms with Crippen molar-refractivity contribution in [1.29, 1.82) is 0 Å². The van der Waals surface area contributed by atoms with Crippen LogP contribution in [0.15, 0.2) is 22.7 Å². The van der Waals surface area contributed by atoms with Crippen LogP contribution in [0.5, 0.6) is 0 Å². The van der Waals surface area contributed by atoms with Gasteiger partial charge in [-0.1, -0.05) is 28.1 Å². The van der Waals surface area contributed by atoms with Crippen molar-refractivity contribution in [3.8, 4) is 0 Å². The molecular weight excluding hydrogens is 258 g/mol. The van der Waals surface area contributed by atoms with Crippen LogP contribution in [-0.2, 0) is 0 Å². The normalized spacial score (nSPS) is 15.0. The third-order valence-electron chi connectivity index (χ3n) is 2.36. The number of hydrogen-bond acceptors (Lipinski definition) is 3. The van der Waals surface area contributed by atoms with Crippen molar-refractivity contribution in [3.63, 3.8) is 0 Å². The van der Waals surface area contributed by atoms with Crippen LogP contribution in [0.1, 0.15) is 23.7 Å². The average Bonchev–Trinajstić information content (AvgIpc) is 2.21. The van der Waals surface area contributed by atoms with Crippen LogP contribution in [-0.4, -0.2) is 22.9 Å². The number of benzene rings is 1. The van der Waals surface area contributed by atoms with Crippen molar-refractivity contribution < 1.29 is 10.2 Å². The number of aryl methyl sites for hydroxylation is 1. The summed E-state index contributed by atoms with van der Waals surface area (Å²) in [6, 6.07) is 5.53. The summed E-state index contributed by atoms with van der Waals surface area (Å²) in [5.41, 5.74) is 7.12. The zero-order valence-corrected chi connectivity index (χ0v) is 10.2. The first kappa shape index (κ1) is 12.6. The van der Waals surface area contributed by atoms with Gasteiger partial charge in [0.25, 0.3) is 0 Å². The molecule has 0 fully saturated rings. The quantitative estimate of drug-likeness (QED) is 0.779. The molecule has 0 saturated heterocycles. The molecule has 0 aromatic heterocycles. The van der Waals surface area contributed by atoms with E-state index in [9.17, 15) is 10.2 Å². The van der Waals surface area contributed by atoms with E-state index in [1.54, 1.807) is 0 Å². The average molecular weight is 274 g/mol. The standard InChI is InChI=1S/C11H16BrNO2/c1-7-2-3-8(6-9(7)12)11(15)10(14)4-5-13/h2-3,6,10-11,14-15H,4-5,13H2,1H3. The largest absolute Gasteiger partial charge is 0.390 e. The highest BCUT2D eigenvalue weighted by molar-refractivity contribution is 9.10. The van der Waals surface area contributed by atoms with Crippen molar-refractivity contribution >= 4 is 15.9 Å². The van der Waals surface area contributed by atoms with Gasteiger partial charge in [0.1, 0.15) is 6.10 Å². The van der Waals surface area contributed by atoms with E-state index in [4.69, 9.17) is 5.73 Å². The second kappa shape index (κ2) is 5.61. The lowest BCUT2D eigenvalue weighted by Gasteiger charge is -2.18. The summed E-state index contributed by atoms with van der Waals surface area (Å²) in [4.78, 5) is 0. The molecule has 1 aromatic carbocycles. The van der Waals surface area contributed by atoms with Crippen molar-refractivity contribution in [2.75, 3.05) is 6.54 Å². The Morgan fingerprint density at radius 1 is 1.40 bits per heavy atom.